The van der Waals surface area contributed by atoms with E-state index in [4.69, 9.17) is 11.5 Å². The number of nitrogen functional groups attached to an aromatic ring is 2. The van der Waals surface area contributed by atoms with Gasteiger partial charge in [-0.15, -0.1) is 11.8 Å². The molecule has 0 aliphatic carbocycles. The number of nitrogens with two attached hydrogens (primary N) is 2. The Balaban J connectivity index is 1.36. The molecule has 0 spiro atoms. The first kappa shape index (κ1) is 24.1. The van der Waals surface area contributed by atoms with Crippen LogP contribution in [-0.2, 0) is 25.8 Å². The number of aliphatic carboxylic acids is 1. The summed E-state index contributed by atoms with van der Waals surface area (Å²) in [6.07, 6.45) is 3.68. The highest BCUT2D eigenvalue weighted by atomic mass is 32.2. The van der Waals surface area contributed by atoms with Crippen molar-refractivity contribution in [2.45, 2.75) is 18.0 Å². The normalized spacial score (nSPS) is 19.4. The number of carbonyl (C=O) groups excluding carboxylic acids is 2. The summed E-state index contributed by atoms with van der Waals surface area (Å²) in [5.41, 5.74) is 12.2. The van der Waals surface area contributed by atoms with E-state index in [0.717, 1.165) is 10.8 Å². The van der Waals surface area contributed by atoms with E-state index in [0.29, 0.717) is 17.0 Å². The molecule has 4 heterocycles. The molecule has 2 aliphatic heterocycles. The summed E-state index contributed by atoms with van der Waals surface area (Å²) in [6, 6.07) is 6.15. The number of amides is 2. The van der Waals surface area contributed by atoms with Crippen LogP contribution in [0, 0.1) is 0 Å². The summed E-state index contributed by atoms with van der Waals surface area (Å²) >= 11 is 1.34. The summed E-state index contributed by atoms with van der Waals surface area (Å²) in [4.78, 5) is 47.7. The Bertz CT molecular complexity index is 1500. The number of nitrogens with zero attached hydrogens (tertiary/aromatic N) is 5. The number of aromatic nitrogens is 3. The lowest BCUT2D eigenvalue weighted by Gasteiger charge is -2.49. The van der Waals surface area contributed by atoms with Crippen molar-refractivity contribution in [3.63, 3.8) is 0 Å². The van der Waals surface area contributed by atoms with E-state index in [1.54, 1.807) is 0 Å². The van der Waals surface area contributed by atoms with E-state index in [9.17, 15) is 19.5 Å². The molecule has 2 aliphatic rings. The van der Waals surface area contributed by atoms with Crippen molar-refractivity contribution in [2.75, 3.05) is 24.3 Å². The van der Waals surface area contributed by atoms with Crippen molar-refractivity contribution in [2.24, 2.45) is 5.16 Å². The molecule has 3 aromatic rings. The summed E-state index contributed by atoms with van der Waals surface area (Å²) in [5.74, 6) is -2.49. The molecule has 1 fully saturated rings. The van der Waals surface area contributed by atoms with Crippen LogP contribution in [0.25, 0.3) is 10.8 Å². The van der Waals surface area contributed by atoms with E-state index in [1.165, 1.54) is 23.8 Å². The number of hydrogen-bond donors (Lipinski definition) is 4. The Morgan fingerprint density at radius 3 is 2.89 bits per heavy atom. The minimum atomic E-state index is -1.23. The molecule has 14 nitrogen and oxygen atoms in total. The Labute approximate surface area is 212 Å². The molecule has 2 aromatic heterocycles. The van der Waals surface area contributed by atoms with Gasteiger partial charge in [0.2, 0.25) is 11.5 Å². The minimum Gasteiger partial charge on any atom is -0.477 e. The van der Waals surface area contributed by atoms with Crippen LogP contribution < -0.4 is 21.4 Å². The van der Waals surface area contributed by atoms with Gasteiger partial charge in [-0.3, -0.25) is 14.5 Å². The summed E-state index contributed by atoms with van der Waals surface area (Å²) in [7, 11) is 1.22. The second-order valence-corrected chi connectivity index (χ2v) is 9.27. The molecule has 1 aromatic carbocycles. The van der Waals surface area contributed by atoms with Crippen LogP contribution in [0.5, 0.6) is 0 Å². The highest BCUT2D eigenvalue weighted by Crippen LogP contribution is 2.40. The third-order valence-electron chi connectivity index (χ3n) is 5.87. The number of rotatable bonds is 7. The predicted molar refractivity (Wildman–Crippen MR) is 130 cm³/mol. The van der Waals surface area contributed by atoms with E-state index in [2.05, 4.69) is 30.0 Å². The Hall–Kier alpha value is -4.66. The molecular weight excluding hydrogens is 504 g/mol. The Morgan fingerprint density at radius 1 is 1.38 bits per heavy atom. The van der Waals surface area contributed by atoms with Gasteiger partial charge in [0, 0.05) is 33.9 Å². The van der Waals surface area contributed by atoms with E-state index in [-0.39, 0.29) is 29.8 Å². The molecule has 2 atom stereocenters. The van der Waals surface area contributed by atoms with Crippen molar-refractivity contribution in [1.29, 1.82) is 0 Å². The number of hydrogen-bond acceptors (Lipinski definition) is 11. The first-order chi connectivity index (χ1) is 17.8. The van der Waals surface area contributed by atoms with Gasteiger partial charge >= 0.3 is 12.0 Å². The summed E-state index contributed by atoms with van der Waals surface area (Å²) in [5, 5.41) is 20.8. The van der Waals surface area contributed by atoms with Gasteiger partial charge in [0.05, 0.1) is 0 Å². The fourth-order valence-corrected chi connectivity index (χ4v) is 5.57. The van der Waals surface area contributed by atoms with E-state index >= 15 is 0 Å². The van der Waals surface area contributed by atoms with Crippen LogP contribution in [0.1, 0.15) is 5.82 Å². The zero-order valence-corrected chi connectivity index (χ0v) is 20.1. The van der Waals surface area contributed by atoms with Gasteiger partial charge < -0.3 is 31.3 Å². The van der Waals surface area contributed by atoms with Crippen molar-refractivity contribution >= 4 is 57.7 Å². The number of β-lactam (4-membered cyclic amide) rings is 1. The lowest BCUT2D eigenvalue weighted by Crippen LogP contribution is -2.71. The number of carboxylic acids is 1. The number of carbonyl (C=O) groups is 3. The SMILES string of the molecule is CON=C(C(=O)NC1C(=O)N2C(C(=O)O)=C(C[n+]3ccc4c(N)cccc4c3)CS[C@@H]12)c1noc(N)n1. The monoisotopic (exact) mass is 525 g/mol. The first-order valence-corrected chi connectivity index (χ1v) is 11.9. The van der Waals surface area contributed by atoms with Gasteiger partial charge in [-0.2, -0.15) is 4.98 Å². The highest BCUT2D eigenvalue weighted by molar-refractivity contribution is 8.00. The van der Waals surface area contributed by atoms with Gasteiger partial charge in [-0.1, -0.05) is 16.4 Å². The van der Waals surface area contributed by atoms with Gasteiger partial charge in [0.1, 0.15) is 24.2 Å². The quantitative estimate of drug-likeness (QED) is 0.101. The molecule has 15 heteroatoms. The molecule has 0 saturated carbocycles. The molecule has 1 unspecified atom stereocenters. The fourth-order valence-electron chi connectivity index (χ4n) is 4.24. The second-order valence-electron chi connectivity index (χ2n) is 8.16. The van der Waals surface area contributed by atoms with Crippen LogP contribution in [-0.4, -0.2) is 67.9 Å². The van der Waals surface area contributed by atoms with Crippen molar-refractivity contribution < 1.29 is 33.4 Å². The van der Waals surface area contributed by atoms with Gasteiger partial charge in [-0.25, -0.2) is 9.36 Å². The smallest absolute Gasteiger partial charge is 0.352 e. The van der Waals surface area contributed by atoms with Crippen LogP contribution in [0.15, 0.2) is 57.6 Å². The lowest BCUT2D eigenvalue weighted by atomic mass is 10.0. The largest absolute Gasteiger partial charge is 0.477 e. The lowest BCUT2D eigenvalue weighted by molar-refractivity contribution is -0.687. The van der Waals surface area contributed by atoms with Crippen LogP contribution >= 0.6 is 11.8 Å². The molecule has 2 amide bonds. The molecule has 0 bridgehead atoms. The van der Waals surface area contributed by atoms with Crippen molar-refractivity contribution in [3.8, 4) is 0 Å². The fraction of sp³-hybridized carbons (Fsp3) is 0.227. The van der Waals surface area contributed by atoms with Crippen molar-refractivity contribution in [1.82, 2.24) is 20.4 Å². The third-order valence-corrected chi connectivity index (χ3v) is 7.21. The predicted octanol–water partition coefficient (Wildman–Crippen LogP) is -0.536. The summed E-state index contributed by atoms with van der Waals surface area (Å²) in [6.45, 7) is 0.261. The number of pyridine rings is 1. The number of fused-ring (bicyclic) bond motifs is 2. The molecule has 5 rings (SSSR count). The topological polar surface area (TPSA) is 203 Å². The van der Waals surface area contributed by atoms with Gasteiger partial charge in [-0.05, 0) is 12.1 Å². The zero-order valence-electron chi connectivity index (χ0n) is 19.3. The summed E-state index contributed by atoms with van der Waals surface area (Å²) < 4.78 is 6.51. The maximum Gasteiger partial charge on any atom is 0.352 e. The molecule has 6 N–H and O–H groups in total. The molecule has 190 valence electrons. The Morgan fingerprint density at radius 2 is 2.19 bits per heavy atom. The van der Waals surface area contributed by atoms with Crippen LogP contribution in [0.4, 0.5) is 11.7 Å². The van der Waals surface area contributed by atoms with Crippen LogP contribution in [0.3, 0.4) is 0 Å². The Kier molecular flexibility index (Phi) is 6.12. The minimum absolute atomic E-state index is 0.101. The molecule has 1 saturated heterocycles. The maximum absolute atomic E-state index is 13.0. The second kappa shape index (κ2) is 9.42. The number of carboxylic acid groups (broad SMARTS) is 1. The zero-order chi connectivity index (χ0) is 26.3. The van der Waals surface area contributed by atoms with Crippen LogP contribution in [0.2, 0.25) is 0 Å². The average molecular weight is 526 g/mol. The van der Waals surface area contributed by atoms with Crippen molar-refractivity contribution in [3.05, 3.63) is 53.8 Å². The number of nitrogens with one attached hydrogen (secondary N) is 1. The van der Waals surface area contributed by atoms with Gasteiger partial charge in [0.25, 0.3) is 11.8 Å². The molecule has 0 radical (unpaired) electrons. The maximum atomic E-state index is 13.0. The number of anilines is 2. The van der Waals surface area contributed by atoms with Gasteiger partial charge in [0.15, 0.2) is 18.9 Å². The molecular formula is C22H21N8O6S+. The standard InChI is InChI=1S/C22H20N8O6S/c1-35-27-14(17-26-22(24)36-28-17)18(31)25-15-19(32)30-16(21(33)34)11(9-37-20(15)30)8-29-6-5-12-10(7-29)3-2-4-13(12)23/h2-7,15,20H,8-9,23H2,1H3,(H3-,24,25,26,28,31,33,34)/p+1/t15?,20-/m0/s1. The molecule has 37 heavy (non-hydrogen) atoms. The van der Waals surface area contributed by atoms with E-state index < -0.39 is 29.2 Å². The highest BCUT2D eigenvalue weighted by Gasteiger charge is 2.55. The van der Waals surface area contributed by atoms with E-state index in [1.807, 2.05) is 41.2 Å². The first-order valence-electron chi connectivity index (χ1n) is 10.9. The third kappa shape index (κ3) is 4.29. The number of benzene rings is 1. The number of oxime groups is 1. The number of thioether (sulfide) groups is 1. The average Bonchev–Trinajstić information content (AvgIpc) is 3.31.